The molecule has 0 atom stereocenters. The van der Waals surface area contributed by atoms with Gasteiger partial charge in [-0.3, -0.25) is 4.79 Å². The molecule has 1 rings (SSSR count). The third kappa shape index (κ3) is 5.13. The number of carbonyl (C=O) groups excluding carboxylic acids is 1. The summed E-state index contributed by atoms with van der Waals surface area (Å²) in [5.41, 5.74) is 6.91. The quantitative estimate of drug-likeness (QED) is 0.582. The molecule has 0 aliphatic heterocycles. The third-order valence-electron chi connectivity index (χ3n) is 2.32. The lowest BCUT2D eigenvalue weighted by Crippen LogP contribution is -2.34. The Bertz CT molecular complexity index is 475. The third-order valence-corrected chi connectivity index (χ3v) is 2.52. The summed E-state index contributed by atoms with van der Waals surface area (Å²) < 4.78 is 5.18. The number of amides is 1. The van der Waals surface area contributed by atoms with Crippen LogP contribution < -0.4 is 21.1 Å². The number of nitrogens with two attached hydrogens (primary N) is 1. The van der Waals surface area contributed by atoms with Crippen LogP contribution in [0.15, 0.2) is 18.2 Å². The monoisotopic (exact) mass is 281 g/mol. The van der Waals surface area contributed by atoms with E-state index in [1.807, 2.05) is 13.8 Å². The van der Waals surface area contributed by atoms with Gasteiger partial charge in [0.25, 0.3) is 0 Å². The van der Waals surface area contributed by atoms with Gasteiger partial charge in [-0.1, -0.05) is 13.8 Å². The highest BCUT2D eigenvalue weighted by Gasteiger charge is 2.09. The first-order valence-electron chi connectivity index (χ1n) is 5.96. The number of hydrogen-bond donors (Lipinski definition) is 3. The van der Waals surface area contributed by atoms with Crippen LogP contribution >= 0.6 is 12.2 Å². The predicted molar refractivity (Wildman–Crippen MR) is 81.2 cm³/mol. The molecule has 0 unspecified atom stereocenters. The Morgan fingerprint density at radius 1 is 1.47 bits per heavy atom. The normalized spacial score (nSPS) is 10.1. The van der Waals surface area contributed by atoms with Gasteiger partial charge in [-0.15, -0.1) is 0 Å². The second-order valence-electron chi connectivity index (χ2n) is 4.56. The minimum atomic E-state index is -0.109. The van der Waals surface area contributed by atoms with Crippen LogP contribution in [0, 0.1) is 5.92 Å². The van der Waals surface area contributed by atoms with Crippen molar-refractivity contribution in [3.63, 3.8) is 0 Å². The van der Waals surface area contributed by atoms with Gasteiger partial charge in [0.15, 0.2) is 5.11 Å². The van der Waals surface area contributed by atoms with Crippen molar-refractivity contribution in [3.8, 4) is 5.75 Å². The van der Waals surface area contributed by atoms with Crippen LogP contribution in [0.1, 0.15) is 20.3 Å². The van der Waals surface area contributed by atoms with Crippen molar-refractivity contribution in [3.05, 3.63) is 18.2 Å². The Labute approximate surface area is 118 Å². The van der Waals surface area contributed by atoms with Gasteiger partial charge in [-0.2, -0.15) is 0 Å². The molecular formula is C13H19N3O2S. The molecule has 0 saturated heterocycles. The lowest BCUT2D eigenvalue weighted by Gasteiger charge is -2.13. The summed E-state index contributed by atoms with van der Waals surface area (Å²) in [6.45, 7) is 3.94. The molecule has 0 fully saturated rings. The summed E-state index contributed by atoms with van der Waals surface area (Å²) in [6, 6.07) is 5.15. The van der Waals surface area contributed by atoms with Crippen LogP contribution in [0.3, 0.4) is 0 Å². The average Bonchev–Trinajstić information content (AvgIpc) is 2.30. The van der Waals surface area contributed by atoms with Crippen LogP contribution in [-0.4, -0.2) is 18.1 Å². The molecule has 1 aromatic carbocycles. The number of nitrogen functional groups attached to an aromatic ring is 1. The summed E-state index contributed by atoms with van der Waals surface area (Å²) in [6.07, 6.45) is 0.431. The molecule has 104 valence electrons. The highest BCUT2D eigenvalue weighted by Crippen LogP contribution is 2.26. The summed E-state index contributed by atoms with van der Waals surface area (Å²) in [4.78, 5) is 11.6. The van der Waals surface area contributed by atoms with Gasteiger partial charge in [-0.05, 0) is 30.3 Å². The Balaban J connectivity index is 2.64. The van der Waals surface area contributed by atoms with Gasteiger partial charge in [0.1, 0.15) is 5.75 Å². The molecule has 0 heterocycles. The molecule has 0 bridgehead atoms. The van der Waals surface area contributed by atoms with Crippen LogP contribution in [-0.2, 0) is 4.79 Å². The second-order valence-corrected chi connectivity index (χ2v) is 4.97. The van der Waals surface area contributed by atoms with E-state index in [-0.39, 0.29) is 16.9 Å². The molecule has 0 radical (unpaired) electrons. The molecule has 0 aliphatic rings. The molecule has 0 aromatic heterocycles. The molecule has 1 aromatic rings. The summed E-state index contributed by atoms with van der Waals surface area (Å²) in [7, 11) is 1.54. The lowest BCUT2D eigenvalue weighted by molar-refractivity contribution is -0.120. The number of rotatable bonds is 4. The standard InChI is InChI=1S/C13H19N3O2S/c1-8(2)6-12(17)16-13(19)15-10-5-4-9(14)7-11(10)18-3/h4-5,7-8H,6,14H2,1-3H3,(H2,15,16,17,19). The minimum absolute atomic E-state index is 0.109. The minimum Gasteiger partial charge on any atom is -0.494 e. The van der Waals surface area contributed by atoms with E-state index in [1.54, 1.807) is 25.3 Å². The smallest absolute Gasteiger partial charge is 0.226 e. The fourth-order valence-corrected chi connectivity index (χ4v) is 1.74. The van der Waals surface area contributed by atoms with Crippen LogP contribution in [0.2, 0.25) is 0 Å². The van der Waals surface area contributed by atoms with Crippen molar-refractivity contribution in [2.75, 3.05) is 18.2 Å². The fourth-order valence-electron chi connectivity index (χ4n) is 1.51. The number of nitrogens with one attached hydrogen (secondary N) is 2. The van der Waals surface area contributed by atoms with Gasteiger partial charge in [0, 0.05) is 18.2 Å². The SMILES string of the molecule is COc1cc(N)ccc1NC(=S)NC(=O)CC(C)C. The highest BCUT2D eigenvalue weighted by molar-refractivity contribution is 7.80. The molecule has 5 nitrogen and oxygen atoms in total. The summed E-state index contributed by atoms with van der Waals surface area (Å²) in [5, 5.41) is 5.78. The zero-order valence-corrected chi connectivity index (χ0v) is 12.1. The van der Waals surface area contributed by atoms with Crippen molar-refractivity contribution < 1.29 is 9.53 Å². The first kappa shape index (κ1) is 15.2. The molecule has 0 aliphatic carbocycles. The number of anilines is 2. The number of hydrogen-bond acceptors (Lipinski definition) is 4. The maximum Gasteiger partial charge on any atom is 0.226 e. The number of carbonyl (C=O) groups is 1. The Kier molecular flexibility index (Phi) is 5.57. The van der Waals surface area contributed by atoms with Crippen molar-refractivity contribution in [2.24, 2.45) is 5.92 Å². The number of ether oxygens (including phenoxy) is 1. The van der Waals surface area contributed by atoms with E-state index in [9.17, 15) is 4.79 Å². The Morgan fingerprint density at radius 2 is 2.16 bits per heavy atom. The van der Waals surface area contributed by atoms with Crippen molar-refractivity contribution >= 4 is 34.6 Å². The van der Waals surface area contributed by atoms with E-state index >= 15 is 0 Å². The number of thiocarbonyl (C=S) groups is 1. The van der Waals surface area contributed by atoms with Gasteiger partial charge in [-0.25, -0.2) is 0 Å². The van der Waals surface area contributed by atoms with E-state index in [2.05, 4.69) is 10.6 Å². The maximum atomic E-state index is 11.6. The fraction of sp³-hybridized carbons (Fsp3) is 0.385. The molecule has 1 amide bonds. The highest BCUT2D eigenvalue weighted by atomic mass is 32.1. The van der Waals surface area contributed by atoms with Crippen molar-refractivity contribution in [1.82, 2.24) is 5.32 Å². The van der Waals surface area contributed by atoms with Gasteiger partial charge in [0.2, 0.25) is 5.91 Å². The van der Waals surface area contributed by atoms with E-state index in [4.69, 9.17) is 22.7 Å². The topological polar surface area (TPSA) is 76.4 Å². The van der Waals surface area contributed by atoms with Crippen molar-refractivity contribution in [2.45, 2.75) is 20.3 Å². The maximum absolute atomic E-state index is 11.6. The average molecular weight is 281 g/mol. The Hall–Kier alpha value is -1.82. The van der Waals surface area contributed by atoms with Crippen LogP contribution in [0.5, 0.6) is 5.75 Å². The van der Waals surface area contributed by atoms with Gasteiger partial charge >= 0.3 is 0 Å². The van der Waals surface area contributed by atoms with Crippen LogP contribution in [0.25, 0.3) is 0 Å². The zero-order chi connectivity index (χ0) is 14.4. The first-order chi connectivity index (χ1) is 8.92. The van der Waals surface area contributed by atoms with E-state index in [1.165, 1.54) is 0 Å². The second kappa shape index (κ2) is 6.94. The van der Waals surface area contributed by atoms with Gasteiger partial charge < -0.3 is 21.1 Å². The zero-order valence-electron chi connectivity index (χ0n) is 11.3. The largest absolute Gasteiger partial charge is 0.494 e. The summed E-state index contributed by atoms with van der Waals surface area (Å²) in [5.74, 6) is 0.747. The van der Waals surface area contributed by atoms with Crippen LogP contribution in [0.4, 0.5) is 11.4 Å². The van der Waals surface area contributed by atoms with E-state index in [0.29, 0.717) is 23.5 Å². The van der Waals surface area contributed by atoms with Gasteiger partial charge in [0.05, 0.1) is 12.8 Å². The Morgan fingerprint density at radius 3 is 2.74 bits per heavy atom. The number of benzene rings is 1. The molecule has 0 spiro atoms. The lowest BCUT2D eigenvalue weighted by atomic mass is 10.1. The number of methoxy groups -OCH3 is 1. The first-order valence-corrected chi connectivity index (χ1v) is 6.37. The predicted octanol–water partition coefficient (Wildman–Crippen LogP) is 2.14. The molecule has 6 heteroatoms. The molecule has 0 saturated carbocycles. The molecule has 19 heavy (non-hydrogen) atoms. The molecular weight excluding hydrogens is 262 g/mol. The molecule has 4 N–H and O–H groups in total. The van der Waals surface area contributed by atoms with Crippen molar-refractivity contribution in [1.29, 1.82) is 0 Å². The van der Waals surface area contributed by atoms with E-state index < -0.39 is 0 Å². The summed E-state index contributed by atoms with van der Waals surface area (Å²) >= 11 is 5.08. The van der Waals surface area contributed by atoms with E-state index in [0.717, 1.165) is 0 Å².